The van der Waals surface area contributed by atoms with Crippen LogP contribution in [-0.2, 0) is 38.0 Å². The molecule has 7 N–H and O–H groups in total. The average molecular weight is 1050 g/mol. The molecule has 0 saturated carbocycles. The van der Waals surface area contributed by atoms with Crippen LogP contribution in [0, 0.1) is 0 Å². The number of esters is 2. The van der Waals surface area contributed by atoms with E-state index in [-0.39, 0.29) is 26.1 Å². The fourth-order valence-electron chi connectivity index (χ4n) is 9.93. The lowest BCUT2D eigenvalue weighted by Crippen LogP contribution is -2.61. The van der Waals surface area contributed by atoms with E-state index in [0.29, 0.717) is 12.8 Å². The molecule has 0 aromatic carbocycles. The van der Waals surface area contributed by atoms with Gasteiger partial charge in [0.15, 0.2) is 18.7 Å². The Morgan fingerprint density at radius 2 is 0.699 bits per heavy atom. The Labute approximate surface area is 442 Å². The SMILES string of the molecule is CCCCCCCCCCCCCCCCCCCCCCCC(=O)OC[C@@H](CO[C@@H]1O[C@H](CO[C@@H]2O[C@H](CO)[C@H](O)C(O)C2O)[C@H](O)C(O)C1O)OC(=O)CCCCCCCCCCCCCCCCCC. The van der Waals surface area contributed by atoms with Crippen molar-refractivity contribution in [3.63, 3.8) is 0 Å². The summed E-state index contributed by atoms with van der Waals surface area (Å²) in [5.74, 6) is -0.903. The highest BCUT2D eigenvalue weighted by atomic mass is 16.7. The van der Waals surface area contributed by atoms with Gasteiger partial charge in [0.1, 0.15) is 55.4 Å². The molecule has 73 heavy (non-hydrogen) atoms. The Morgan fingerprint density at radius 1 is 0.384 bits per heavy atom. The molecule has 0 bridgehead atoms. The number of carbonyl (C=O) groups is 2. The van der Waals surface area contributed by atoms with E-state index >= 15 is 0 Å². The number of ether oxygens (including phenoxy) is 6. The van der Waals surface area contributed by atoms with E-state index in [1.54, 1.807) is 0 Å². The van der Waals surface area contributed by atoms with E-state index in [1.165, 1.54) is 186 Å². The summed E-state index contributed by atoms with van der Waals surface area (Å²) in [4.78, 5) is 25.9. The molecule has 2 aliphatic heterocycles. The number of carbonyl (C=O) groups excluding carboxylic acids is 2. The predicted octanol–water partition coefficient (Wildman–Crippen LogP) is 10.3. The predicted molar refractivity (Wildman–Crippen MR) is 285 cm³/mol. The van der Waals surface area contributed by atoms with E-state index in [2.05, 4.69) is 13.8 Å². The fourth-order valence-corrected chi connectivity index (χ4v) is 9.93. The second-order valence-electron chi connectivity index (χ2n) is 21.5. The van der Waals surface area contributed by atoms with Gasteiger partial charge < -0.3 is 64.2 Å². The van der Waals surface area contributed by atoms with Crippen LogP contribution in [-0.4, -0.2) is 142 Å². The van der Waals surface area contributed by atoms with Gasteiger partial charge in [-0.25, -0.2) is 0 Å². The minimum absolute atomic E-state index is 0.174. The highest BCUT2D eigenvalue weighted by molar-refractivity contribution is 5.70. The first kappa shape index (κ1) is 67.6. The molecule has 2 aliphatic rings. The van der Waals surface area contributed by atoms with Crippen molar-refractivity contribution in [2.75, 3.05) is 26.4 Å². The second kappa shape index (κ2) is 45.5. The lowest BCUT2D eigenvalue weighted by molar-refractivity contribution is -0.332. The van der Waals surface area contributed by atoms with Crippen LogP contribution in [0.5, 0.6) is 0 Å². The molecule has 0 aromatic rings. The van der Waals surface area contributed by atoms with Crippen LogP contribution in [0.25, 0.3) is 0 Å². The second-order valence-corrected chi connectivity index (χ2v) is 21.5. The number of unbranched alkanes of at least 4 members (excludes halogenated alkanes) is 35. The van der Waals surface area contributed by atoms with Gasteiger partial charge in [0.2, 0.25) is 0 Å². The molecule has 2 rings (SSSR count). The number of aliphatic hydroxyl groups excluding tert-OH is 7. The first-order valence-corrected chi connectivity index (χ1v) is 30.1. The molecule has 432 valence electrons. The van der Waals surface area contributed by atoms with Gasteiger partial charge in [-0.15, -0.1) is 0 Å². The summed E-state index contributed by atoms with van der Waals surface area (Å²) in [7, 11) is 0. The summed E-state index contributed by atoms with van der Waals surface area (Å²) in [6.45, 7) is 2.66. The van der Waals surface area contributed by atoms with Gasteiger partial charge in [-0.2, -0.15) is 0 Å². The van der Waals surface area contributed by atoms with Gasteiger partial charge in [-0.05, 0) is 12.8 Å². The van der Waals surface area contributed by atoms with Gasteiger partial charge in [0.05, 0.1) is 19.8 Å². The quantitative estimate of drug-likeness (QED) is 0.0222. The van der Waals surface area contributed by atoms with E-state index in [9.17, 15) is 45.3 Å². The zero-order chi connectivity index (χ0) is 53.2. The molecular formula is C58H110O15. The molecule has 0 spiro atoms. The summed E-state index contributed by atoms with van der Waals surface area (Å²) in [6, 6.07) is 0. The van der Waals surface area contributed by atoms with Crippen molar-refractivity contribution in [2.24, 2.45) is 0 Å². The van der Waals surface area contributed by atoms with Crippen LogP contribution in [0.15, 0.2) is 0 Å². The van der Waals surface area contributed by atoms with E-state index in [4.69, 9.17) is 28.4 Å². The van der Waals surface area contributed by atoms with Crippen molar-refractivity contribution in [2.45, 2.75) is 332 Å². The highest BCUT2D eigenvalue weighted by Gasteiger charge is 2.47. The molecule has 2 fully saturated rings. The third kappa shape index (κ3) is 32.8. The van der Waals surface area contributed by atoms with Crippen molar-refractivity contribution < 1.29 is 73.8 Å². The van der Waals surface area contributed by atoms with Gasteiger partial charge in [-0.3, -0.25) is 9.59 Å². The maximum atomic E-state index is 13.1. The Balaban J connectivity index is 1.72. The molecule has 0 aliphatic carbocycles. The minimum atomic E-state index is -1.76. The largest absolute Gasteiger partial charge is 0.462 e. The van der Waals surface area contributed by atoms with Crippen LogP contribution in [0.3, 0.4) is 0 Å². The molecule has 11 atom stereocenters. The van der Waals surface area contributed by atoms with E-state index in [0.717, 1.165) is 38.5 Å². The van der Waals surface area contributed by atoms with E-state index < -0.39 is 92.7 Å². The maximum absolute atomic E-state index is 13.1. The Morgan fingerprint density at radius 3 is 1.07 bits per heavy atom. The monoisotopic (exact) mass is 1050 g/mol. The molecular weight excluding hydrogens is 937 g/mol. The molecule has 0 amide bonds. The van der Waals surface area contributed by atoms with Crippen molar-refractivity contribution in [3.8, 4) is 0 Å². The van der Waals surface area contributed by atoms with Crippen molar-refractivity contribution >= 4 is 11.9 Å². The third-order valence-corrected chi connectivity index (χ3v) is 14.8. The first-order valence-electron chi connectivity index (χ1n) is 30.1. The summed E-state index contributed by atoms with van der Waals surface area (Å²) >= 11 is 0. The Bertz CT molecular complexity index is 1280. The number of hydrogen-bond acceptors (Lipinski definition) is 15. The van der Waals surface area contributed by atoms with Gasteiger partial charge in [0, 0.05) is 12.8 Å². The normalized spacial score (nSPS) is 24.7. The lowest BCUT2D eigenvalue weighted by Gasteiger charge is -2.42. The minimum Gasteiger partial charge on any atom is -0.462 e. The molecule has 4 unspecified atom stereocenters. The summed E-state index contributed by atoms with van der Waals surface area (Å²) < 4.78 is 33.7. The Hall–Kier alpha value is -1.50. The molecule has 15 nitrogen and oxygen atoms in total. The van der Waals surface area contributed by atoms with Gasteiger partial charge >= 0.3 is 11.9 Å². The average Bonchev–Trinajstić information content (AvgIpc) is 3.38. The van der Waals surface area contributed by atoms with Gasteiger partial charge in [0.25, 0.3) is 0 Å². The summed E-state index contributed by atoms with van der Waals surface area (Å²) in [5.41, 5.74) is 0. The topological polar surface area (TPSA) is 231 Å². The number of rotatable bonds is 49. The molecule has 0 aromatic heterocycles. The molecule has 15 heteroatoms. The van der Waals surface area contributed by atoms with Crippen molar-refractivity contribution in [3.05, 3.63) is 0 Å². The van der Waals surface area contributed by atoms with Crippen LogP contribution in [0.2, 0.25) is 0 Å². The van der Waals surface area contributed by atoms with Crippen molar-refractivity contribution in [1.29, 1.82) is 0 Å². The lowest BCUT2D eigenvalue weighted by atomic mass is 9.98. The number of hydrogen-bond donors (Lipinski definition) is 7. The summed E-state index contributed by atoms with van der Waals surface area (Å²) in [5, 5.41) is 72.3. The van der Waals surface area contributed by atoms with Crippen LogP contribution < -0.4 is 0 Å². The molecule has 0 radical (unpaired) electrons. The van der Waals surface area contributed by atoms with Crippen LogP contribution in [0.1, 0.15) is 264 Å². The number of aliphatic hydroxyl groups is 7. The van der Waals surface area contributed by atoms with Crippen LogP contribution >= 0.6 is 0 Å². The van der Waals surface area contributed by atoms with Crippen molar-refractivity contribution in [1.82, 2.24) is 0 Å². The van der Waals surface area contributed by atoms with Gasteiger partial charge in [-0.1, -0.05) is 239 Å². The first-order chi connectivity index (χ1) is 35.5. The fraction of sp³-hybridized carbons (Fsp3) is 0.966. The molecule has 2 heterocycles. The summed E-state index contributed by atoms with van der Waals surface area (Å²) in [6.07, 6.45) is 29.8. The standard InChI is InChI=1S/C58H110O15/c1-3-5-7-9-11-13-15-17-19-21-22-23-24-25-27-28-30-32-34-36-38-40-49(60)68-43-46(71-50(61)41-39-37-35-33-31-29-26-20-18-16-14-12-10-8-6-4-2)44-69-57-56(67)54(65)52(63)48(73-57)45-70-58-55(66)53(64)51(62)47(42-59)72-58/h46-48,51-59,62-67H,3-45H2,1-2H3/t46-,47+,48+,51-,52-,53?,54?,55?,56?,57+,58+/m0/s1. The highest BCUT2D eigenvalue weighted by Crippen LogP contribution is 2.27. The molecule has 2 saturated heterocycles. The van der Waals surface area contributed by atoms with Crippen LogP contribution in [0.4, 0.5) is 0 Å². The smallest absolute Gasteiger partial charge is 0.306 e. The zero-order valence-corrected chi connectivity index (χ0v) is 46.2. The van der Waals surface area contributed by atoms with E-state index in [1.807, 2.05) is 0 Å². The maximum Gasteiger partial charge on any atom is 0.306 e. The Kier molecular flexibility index (Phi) is 42.2. The third-order valence-electron chi connectivity index (χ3n) is 14.8. The zero-order valence-electron chi connectivity index (χ0n) is 46.2.